The smallest absolute Gasteiger partial charge is 0.261 e. The lowest BCUT2D eigenvalue weighted by Gasteiger charge is -2.13. The van der Waals surface area contributed by atoms with Crippen LogP contribution in [-0.2, 0) is 11.3 Å². The number of nitrogens with one attached hydrogen (secondary N) is 1. The molecule has 1 aromatic carbocycles. The fraction of sp³-hybridized carbons (Fsp3) is 0.294. The third-order valence-electron chi connectivity index (χ3n) is 3.37. The number of benzene rings is 1. The van der Waals surface area contributed by atoms with Crippen LogP contribution in [0.25, 0.3) is 0 Å². The van der Waals surface area contributed by atoms with Gasteiger partial charge in [0.2, 0.25) is 0 Å². The molecule has 3 nitrogen and oxygen atoms in total. The van der Waals surface area contributed by atoms with Crippen molar-refractivity contribution in [1.29, 1.82) is 5.26 Å². The highest BCUT2D eigenvalue weighted by molar-refractivity contribution is 5.97. The van der Waals surface area contributed by atoms with Crippen molar-refractivity contribution in [3.63, 3.8) is 0 Å². The Hall–Kier alpha value is -2.34. The van der Waals surface area contributed by atoms with Crippen molar-refractivity contribution in [3.05, 3.63) is 59.7 Å². The second kappa shape index (κ2) is 7.30. The van der Waals surface area contributed by atoms with Gasteiger partial charge in [-0.15, -0.1) is 0 Å². The number of nitrogens with zero attached hydrogens (tertiary/aromatic N) is 1. The molecule has 102 valence electrons. The van der Waals surface area contributed by atoms with Gasteiger partial charge in [0.1, 0.15) is 11.6 Å². The lowest BCUT2D eigenvalue weighted by molar-refractivity contribution is -0.117. The summed E-state index contributed by atoms with van der Waals surface area (Å²) in [5.74, 6) is 0.0167. The van der Waals surface area contributed by atoms with E-state index in [0.29, 0.717) is 12.5 Å². The Labute approximate surface area is 119 Å². The summed E-state index contributed by atoms with van der Waals surface area (Å²) in [6.45, 7) is 0.448. The Morgan fingerprint density at radius 1 is 1.35 bits per heavy atom. The molecule has 3 heteroatoms. The van der Waals surface area contributed by atoms with Crippen LogP contribution in [-0.4, -0.2) is 5.91 Å². The zero-order valence-corrected chi connectivity index (χ0v) is 11.4. The van der Waals surface area contributed by atoms with Gasteiger partial charge in [-0.05, 0) is 30.7 Å². The zero-order valence-electron chi connectivity index (χ0n) is 11.4. The maximum Gasteiger partial charge on any atom is 0.261 e. The normalized spacial score (nSPS) is 18.4. The van der Waals surface area contributed by atoms with E-state index < -0.39 is 0 Å². The summed E-state index contributed by atoms with van der Waals surface area (Å²) in [4.78, 5) is 12.0. The van der Waals surface area contributed by atoms with Crippen molar-refractivity contribution >= 4 is 5.91 Å². The number of amides is 1. The predicted molar refractivity (Wildman–Crippen MR) is 78.5 cm³/mol. The Kier molecular flexibility index (Phi) is 5.14. The Morgan fingerprint density at radius 3 is 2.80 bits per heavy atom. The van der Waals surface area contributed by atoms with Crippen LogP contribution < -0.4 is 5.32 Å². The van der Waals surface area contributed by atoms with E-state index in [1.165, 1.54) is 0 Å². The topological polar surface area (TPSA) is 52.9 Å². The van der Waals surface area contributed by atoms with Gasteiger partial charge in [-0.2, -0.15) is 5.26 Å². The molecule has 0 saturated heterocycles. The molecule has 1 amide bonds. The summed E-state index contributed by atoms with van der Waals surface area (Å²) in [5.41, 5.74) is 1.25. The van der Waals surface area contributed by atoms with Crippen molar-refractivity contribution in [2.24, 2.45) is 5.92 Å². The average molecular weight is 266 g/mol. The standard InChI is InChI=1S/C17H18N2O/c18-12-16(11-14-7-3-1-4-8-14)17(20)19-13-15-9-5-2-6-10-15/h1-3,5-6,9-11,14H,4,7-8,13H2,(H,19,20)/b16-11+. The summed E-state index contributed by atoms with van der Waals surface area (Å²) in [6.07, 6.45) is 9.01. The number of allylic oxidation sites excluding steroid dienone is 3. The maximum atomic E-state index is 12.0. The van der Waals surface area contributed by atoms with Crippen LogP contribution in [0.5, 0.6) is 0 Å². The first kappa shape index (κ1) is 14.1. The molecular weight excluding hydrogens is 248 g/mol. The third kappa shape index (κ3) is 4.10. The molecule has 0 spiro atoms. The van der Waals surface area contributed by atoms with E-state index >= 15 is 0 Å². The summed E-state index contributed by atoms with van der Waals surface area (Å²) in [6, 6.07) is 11.7. The molecule has 2 rings (SSSR count). The van der Waals surface area contributed by atoms with Crippen molar-refractivity contribution in [2.75, 3.05) is 0 Å². The monoisotopic (exact) mass is 266 g/mol. The van der Waals surface area contributed by atoms with Gasteiger partial charge in [0.15, 0.2) is 0 Å². The van der Waals surface area contributed by atoms with E-state index in [0.717, 1.165) is 24.8 Å². The highest BCUT2D eigenvalue weighted by Gasteiger charge is 2.13. The second-order valence-corrected chi connectivity index (χ2v) is 4.90. The second-order valence-electron chi connectivity index (χ2n) is 4.90. The first-order valence-corrected chi connectivity index (χ1v) is 6.88. The van der Waals surface area contributed by atoms with Gasteiger partial charge in [-0.25, -0.2) is 0 Å². The van der Waals surface area contributed by atoms with E-state index in [1.807, 2.05) is 42.5 Å². The van der Waals surface area contributed by atoms with Crippen molar-refractivity contribution in [1.82, 2.24) is 5.32 Å². The fourth-order valence-corrected chi connectivity index (χ4v) is 2.24. The van der Waals surface area contributed by atoms with Gasteiger partial charge >= 0.3 is 0 Å². The molecule has 0 bridgehead atoms. The molecule has 20 heavy (non-hydrogen) atoms. The SMILES string of the molecule is N#C/C(=C\C1CC=CCC1)C(=O)NCc1ccccc1. The Bertz CT molecular complexity index is 552. The quantitative estimate of drug-likeness (QED) is 0.517. The molecule has 0 aliphatic heterocycles. The van der Waals surface area contributed by atoms with Crippen molar-refractivity contribution in [3.8, 4) is 6.07 Å². The summed E-state index contributed by atoms with van der Waals surface area (Å²) >= 11 is 0. The van der Waals surface area contributed by atoms with E-state index in [-0.39, 0.29) is 11.5 Å². The van der Waals surface area contributed by atoms with E-state index in [9.17, 15) is 4.79 Å². The third-order valence-corrected chi connectivity index (χ3v) is 3.37. The Balaban J connectivity index is 1.94. The number of nitriles is 1. The predicted octanol–water partition coefficient (Wildman–Crippen LogP) is 3.11. The van der Waals surface area contributed by atoms with Gasteiger partial charge in [0, 0.05) is 6.54 Å². The first-order valence-electron chi connectivity index (χ1n) is 6.88. The minimum Gasteiger partial charge on any atom is -0.347 e. The van der Waals surface area contributed by atoms with Crippen LogP contribution in [0, 0.1) is 17.2 Å². The van der Waals surface area contributed by atoms with Crippen LogP contribution in [0.4, 0.5) is 0 Å². The molecule has 0 saturated carbocycles. The van der Waals surface area contributed by atoms with Crippen LogP contribution in [0.15, 0.2) is 54.1 Å². The molecule has 1 atom stereocenters. The van der Waals surface area contributed by atoms with Crippen LogP contribution in [0.3, 0.4) is 0 Å². The summed E-state index contributed by atoms with van der Waals surface area (Å²) < 4.78 is 0. The Morgan fingerprint density at radius 2 is 2.15 bits per heavy atom. The molecule has 1 aliphatic rings. The van der Waals surface area contributed by atoms with E-state index in [2.05, 4.69) is 17.5 Å². The van der Waals surface area contributed by atoms with Crippen LogP contribution in [0.1, 0.15) is 24.8 Å². The van der Waals surface area contributed by atoms with E-state index in [1.54, 1.807) is 0 Å². The maximum absolute atomic E-state index is 12.0. The molecule has 0 aromatic heterocycles. The zero-order chi connectivity index (χ0) is 14.2. The fourth-order valence-electron chi connectivity index (χ4n) is 2.24. The lowest BCUT2D eigenvalue weighted by Crippen LogP contribution is -2.24. The van der Waals surface area contributed by atoms with Gasteiger partial charge in [-0.1, -0.05) is 48.6 Å². The minimum absolute atomic E-state index is 0.223. The van der Waals surface area contributed by atoms with Gasteiger partial charge in [-0.3, -0.25) is 4.79 Å². The highest BCUT2D eigenvalue weighted by Crippen LogP contribution is 2.20. The molecule has 1 aliphatic carbocycles. The van der Waals surface area contributed by atoms with E-state index in [4.69, 9.17) is 5.26 Å². The van der Waals surface area contributed by atoms with Crippen LogP contribution >= 0.6 is 0 Å². The molecule has 0 fully saturated rings. The number of hydrogen-bond donors (Lipinski definition) is 1. The molecule has 1 unspecified atom stereocenters. The van der Waals surface area contributed by atoms with Crippen LogP contribution in [0.2, 0.25) is 0 Å². The average Bonchev–Trinajstić information content (AvgIpc) is 2.52. The number of hydrogen-bond acceptors (Lipinski definition) is 2. The highest BCUT2D eigenvalue weighted by atomic mass is 16.1. The molecule has 1 N–H and O–H groups in total. The number of carbonyl (C=O) groups excluding carboxylic acids is 1. The number of carbonyl (C=O) groups is 1. The van der Waals surface area contributed by atoms with Crippen molar-refractivity contribution < 1.29 is 4.79 Å². The van der Waals surface area contributed by atoms with Gasteiger partial charge in [0.05, 0.1) is 0 Å². The molecule has 0 radical (unpaired) electrons. The largest absolute Gasteiger partial charge is 0.347 e. The molecule has 0 heterocycles. The summed E-state index contributed by atoms with van der Waals surface area (Å²) in [5, 5.41) is 11.9. The molecular formula is C17H18N2O. The number of rotatable bonds is 4. The van der Waals surface area contributed by atoms with Gasteiger partial charge < -0.3 is 5.32 Å². The van der Waals surface area contributed by atoms with Crippen molar-refractivity contribution in [2.45, 2.75) is 25.8 Å². The first-order chi connectivity index (χ1) is 9.79. The molecule has 1 aromatic rings. The lowest BCUT2D eigenvalue weighted by atomic mass is 9.92. The summed E-state index contributed by atoms with van der Waals surface area (Å²) in [7, 11) is 0. The minimum atomic E-state index is -0.286. The van der Waals surface area contributed by atoms with Gasteiger partial charge in [0.25, 0.3) is 5.91 Å².